The summed E-state index contributed by atoms with van der Waals surface area (Å²) in [5, 5.41) is 13.0. The maximum Gasteiger partial charge on any atom is 0.306 e. The molecule has 0 aliphatic heterocycles. The number of nitrogens with zero attached hydrogens (tertiary/aromatic N) is 3. The normalized spacial score (nSPS) is 26.5. The molecule has 1 aliphatic carbocycles. The van der Waals surface area contributed by atoms with E-state index in [9.17, 15) is 4.79 Å². The summed E-state index contributed by atoms with van der Waals surface area (Å²) in [5.41, 5.74) is 0. The first-order valence-electron chi connectivity index (χ1n) is 5.27. The maximum absolute atomic E-state index is 10.8. The van der Waals surface area contributed by atoms with E-state index < -0.39 is 5.97 Å². The fraction of sp³-hybridized carbons (Fsp3) is 0.700. The number of aromatic nitrogens is 3. The van der Waals surface area contributed by atoms with Gasteiger partial charge in [-0.1, -0.05) is 0 Å². The number of rotatable bonds is 2. The molecule has 0 unspecified atom stereocenters. The van der Waals surface area contributed by atoms with Crippen LogP contribution in [0, 0.1) is 12.8 Å². The van der Waals surface area contributed by atoms with Crippen LogP contribution in [0.25, 0.3) is 0 Å². The van der Waals surface area contributed by atoms with Gasteiger partial charge in [-0.3, -0.25) is 4.79 Å². The van der Waals surface area contributed by atoms with Gasteiger partial charge >= 0.3 is 5.97 Å². The van der Waals surface area contributed by atoms with Gasteiger partial charge in [0.2, 0.25) is 0 Å². The van der Waals surface area contributed by atoms with Crippen molar-refractivity contribution in [2.75, 3.05) is 0 Å². The third-order valence-electron chi connectivity index (χ3n) is 3.14. The highest BCUT2D eigenvalue weighted by Crippen LogP contribution is 2.32. The zero-order valence-electron chi connectivity index (χ0n) is 8.76. The average Bonchev–Trinajstić information content (AvgIpc) is 2.65. The van der Waals surface area contributed by atoms with E-state index in [0.29, 0.717) is 6.04 Å². The van der Waals surface area contributed by atoms with Gasteiger partial charge in [-0.2, -0.15) is 5.10 Å². The Bertz CT molecular complexity index is 353. The van der Waals surface area contributed by atoms with Crippen molar-refractivity contribution in [2.45, 2.75) is 38.6 Å². The predicted molar refractivity (Wildman–Crippen MR) is 53.4 cm³/mol. The van der Waals surface area contributed by atoms with Crippen LogP contribution in [0.1, 0.15) is 37.5 Å². The van der Waals surface area contributed by atoms with E-state index in [4.69, 9.17) is 5.11 Å². The molecule has 0 radical (unpaired) electrons. The van der Waals surface area contributed by atoms with E-state index in [1.165, 1.54) is 0 Å². The quantitative estimate of drug-likeness (QED) is 0.799. The Kier molecular flexibility index (Phi) is 2.70. The monoisotopic (exact) mass is 209 g/mol. The van der Waals surface area contributed by atoms with Crippen LogP contribution < -0.4 is 0 Å². The highest BCUT2D eigenvalue weighted by atomic mass is 16.4. The number of carbonyl (C=O) groups is 1. The number of aryl methyl sites for hydroxylation is 1. The van der Waals surface area contributed by atoms with E-state index in [-0.39, 0.29) is 5.92 Å². The second kappa shape index (κ2) is 4.00. The molecule has 1 aromatic heterocycles. The van der Waals surface area contributed by atoms with Gasteiger partial charge in [-0.15, -0.1) is 0 Å². The largest absolute Gasteiger partial charge is 0.481 e. The first-order chi connectivity index (χ1) is 7.18. The highest BCUT2D eigenvalue weighted by Gasteiger charge is 2.27. The molecule has 0 bridgehead atoms. The van der Waals surface area contributed by atoms with Crippen LogP contribution in [0.2, 0.25) is 0 Å². The third kappa shape index (κ3) is 2.00. The lowest BCUT2D eigenvalue weighted by Gasteiger charge is -2.26. The molecule has 2 rings (SSSR count). The smallest absolute Gasteiger partial charge is 0.306 e. The van der Waals surface area contributed by atoms with E-state index in [0.717, 1.165) is 31.5 Å². The van der Waals surface area contributed by atoms with Gasteiger partial charge < -0.3 is 5.11 Å². The fourth-order valence-electron chi connectivity index (χ4n) is 2.23. The lowest BCUT2D eigenvalue weighted by Crippen LogP contribution is -2.24. The summed E-state index contributed by atoms with van der Waals surface area (Å²) in [6.07, 6.45) is 4.83. The lowest BCUT2D eigenvalue weighted by atomic mass is 9.86. The molecule has 82 valence electrons. The van der Waals surface area contributed by atoms with Gasteiger partial charge in [-0.25, -0.2) is 9.67 Å². The van der Waals surface area contributed by atoms with Crippen LogP contribution in [0.4, 0.5) is 0 Å². The van der Waals surface area contributed by atoms with Gasteiger partial charge in [0.25, 0.3) is 0 Å². The van der Waals surface area contributed by atoms with Crippen molar-refractivity contribution in [3.8, 4) is 0 Å². The molecular formula is C10H15N3O2. The third-order valence-corrected chi connectivity index (χ3v) is 3.14. The van der Waals surface area contributed by atoms with Crippen molar-refractivity contribution in [1.29, 1.82) is 0 Å². The minimum Gasteiger partial charge on any atom is -0.481 e. The number of aliphatic carboxylic acids is 1. The van der Waals surface area contributed by atoms with E-state index in [2.05, 4.69) is 10.1 Å². The molecule has 1 aromatic rings. The van der Waals surface area contributed by atoms with Crippen LogP contribution in [-0.2, 0) is 4.79 Å². The number of carboxylic acids is 1. The standard InChI is InChI=1S/C10H15N3O2/c1-7-11-6-12-13(7)9-4-2-8(3-5-9)10(14)15/h6,8-9H,2-5H2,1H3,(H,14,15). The van der Waals surface area contributed by atoms with Crippen molar-refractivity contribution in [3.63, 3.8) is 0 Å². The minimum atomic E-state index is -0.663. The molecule has 5 nitrogen and oxygen atoms in total. The van der Waals surface area contributed by atoms with E-state index in [1.54, 1.807) is 6.33 Å². The van der Waals surface area contributed by atoms with Gasteiger partial charge in [0, 0.05) is 0 Å². The predicted octanol–water partition coefficient (Wildman–Crippen LogP) is 1.40. The lowest BCUT2D eigenvalue weighted by molar-refractivity contribution is -0.143. The van der Waals surface area contributed by atoms with Gasteiger partial charge in [0.1, 0.15) is 12.2 Å². The Morgan fingerprint density at radius 2 is 2.13 bits per heavy atom. The molecule has 5 heteroatoms. The summed E-state index contributed by atoms with van der Waals surface area (Å²) < 4.78 is 1.91. The summed E-state index contributed by atoms with van der Waals surface area (Å²) in [5.74, 6) is 0.0858. The average molecular weight is 209 g/mol. The van der Waals surface area contributed by atoms with Crippen molar-refractivity contribution in [3.05, 3.63) is 12.2 Å². The van der Waals surface area contributed by atoms with E-state index >= 15 is 0 Å². The summed E-state index contributed by atoms with van der Waals surface area (Å²) in [4.78, 5) is 14.9. The van der Waals surface area contributed by atoms with Crippen LogP contribution in [0.5, 0.6) is 0 Å². The summed E-state index contributed by atoms with van der Waals surface area (Å²) >= 11 is 0. The SMILES string of the molecule is Cc1ncnn1C1CCC(C(=O)O)CC1. The molecular weight excluding hydrogens is 194 g/mol. The van der Waals surface area contributed by atoms with Gasteiger partial charge in [0.15, 0.2) is 0 Å². The summed E-state index contributed by atoms with van der Waals surface area (Å²) in [7, 11) is 0. The zero-order chi connectivity index (χ0) is 10.8. The number of hydrogen-bond donors (Lipinski definition) is 1. The molecule has 0 atom stereocenters. The first-order valence-corrected chi connectivity index (χ1v) is 5.27. The molecule has 1 saturated carbocycles. The molecule has 0 saturated heterocycles. The number of carboxylic acid groups (broad SMARTS) is 1. The van der Waals surface area contributed by atoms with Crippen molar-refractivity contribution in [2.24, 2.45) is 5.92 Å². The Morgan fingerprint density at radius 3 is 2.60 bits per heavy atom. The van der Waals surface area contributed by atoms with Crippen LogP contribution in [0.15, 0.2) is 6.33 Å². The van der Waals surface area contributed by atoms with Crippen molar-refractivity contribution < 1.29 is 9.90 Å². The second-order valence-corrected chi connectivity index (χ2v) is 4.10. The molecule has 0 aromatic carbocycles. The zero-order valence-corrected chi connectivity index (χ0v) is 8.76. The minimum absolute atomic E-state index is 0.162. The summed E-state index contributed by atoms with van der Waals surface area (Å²) in [6, 6.07) is 0.336. The molecule has 0 amide bonds. The first kappa shape index (κ1) is 10.1. The highest BCUT2D eigenvalue weighted by molar-refractivity contribution is 5.69. The maximum atomic E-state index is 10.8. The summed E-state index contributed by atoms with van der Waals surface area (Å²) in [6.45, 7) is 1.93. The van der Waals surface area contributed by atoms with Crippen molar-refractivity contribution >= 4 is 5.97 Å². The Balaban J connectivity index is 2.00. The number of hydrogen-bond acceptors (Lipinski definition) is 3. The molecule has 15 heavy (non-hydrogen) atoms. The molecule has 1 aliphatic rings. The Morgan fingerprint density at radius 1 is 1.47 bits per heavy atom. The van der Waals surface area contributed by atoms with Crippen LogP contribution in [0.3, 0.4) is 0 Å². The molecule has 1 N–H and O–H groups in total. The van der Waals surface area contributed by atoms with Crippen LogP contribution >= 0.6 is 0 Å². The van der Waals surface area contributed by atoms with Gasteiger partial charge in [0.05, 0.1) is 12.0 Å². The van der Waals surface area contributed by atoms with Gasteiger partial charge in [-0.05, 0) is 32.6 Å². The van der Waals surface area contributed by atoms with E-state index in [1.807, 2.05) is 11.6 Å². The second-order valence-electron chi connectivity index (χ2n) is 4.10. The molecule has 1 fully saturated rings. The molecule has 0 spiro atoms. The topological polar surface area (TPSA) is 68.0 Å². The Labute approximate surface area is 88.1 Å². The van der Waals surface area contributed by atoms with Crippen LogP contribution in [-0.4, -0.2) is 25.8 Å². The Hall–Kier alpha value is -1.39. The fourth-order valence-corrected chi connectivity index (χ4v) is 2.23. The van der Waals surface area contributed by atoms with Crippen molar-refractivity contribution in [1.82, 2.24) is 14.8 Å². The molecule has 1 heterocycles.